The van der Waals surface area contributed by atoms with E-state index in [-0.39, 0.29) is 18.0 Å². The minimum Gasteiger partial charge on any atom is -0.442 e. The van der Waals surface area contributed by atoms with Crippen LogP contribution in [0.4, 0.5) is 4.79 Å². The molecule has 0 atom stereocenters. The fourth-order valence-corrected chi connectivity index (χ4v) is 3.20. The number of amides is 1. The molecule has 2 aromatic carbocycles. The SMILES string of the molecule is Cc1ccc(S(=O)(=O)ON(Cc2cccc(CO)c2)C(=O)OC(C)(C)C)cc1. The quantitative estimate of drug-likeness (QED) is 0.736. The van der Waals surface area contributed by atoms with Crippen LogP contribution in [0.25, 0.3) is 0 Å². The molecule has 2 rings (SSSR count). The first-order valence-corrected chi connectivity index (χ1v) is 10.1. The van der Waals surface area contributed by atoms with Crippen molar-refractivity contribution in [2.45, 2.75) is 51.3 Å². The van der Waals surface area contributed by atoms with Crippen molar-refractivity contribution < 1.29 is 27.3 Å². The second-order valence-electron chi connectivity index (χ2n) is 7.34. The summed E-state index contributed by atoms with van der Waals surface area (Å²) in [6, 6.07) is 12.8. The van der Waals surface area contributed by atoms with E-state index in [1.807, 2.05) is 6.92 Å². The Morgan fingerprint density at radius 1 is 1.07 bits per heavy atom. The maximum Gasteiger partial charge on any atom is 0.435 e. The summed E-state index contributed by atoms with van der Waals surface area (Å²) in [5.74, 6) is 0. The molecule has 8 heteroatoms. The first kappa shape index (κ1) is 21.9. The fourth-order valence-electron chi connectivity index (χ4n) is 2.29. The zero-order valence-electron chi connectivity index (χ0n) is 16.4. The largest absolute Gasteiger partial charge is 0.442 e. The Morgan fingerprint density at radius 3 is 2.25 bits per heavy atom. The van der Waals surface area contributed by atoms with Gasteiger partial charge in [0.05, 0.1) is 18.0 Å². The highest BCUT2D eigenvalue weighted by Crippen LogP contribution is 2.20. The molecule has 0 aliphatic rings. The van der Waals surface area contributed by atoms with E-state index in [1.165, 1.54) is 12.1 Å². The summed E-state index contributed by atoms with van der Waals surface area (Å²) < 4.78 is 35.6. The first-order valence-electron chi connectivity index (χ1n) is 8.70. The molecule has 0 unspecified atom stereocenters. The lowest BCUT2D eigenvalue weighted by molar-refractivity contribution is -0.0739. The topological polar surface area (TPSA) is 93.1 Å². The summed E-state index contributed by atoms with van der Waals surface area (Å²) in [5, 5.41) is 9.95. The van der Waals surface area contributed by atoms with Gasteiger partial charge in [-0.05, 0) is 51.0 Å². The molecule has 0 aliphatic heterocycles. The van der Waals surface area contributed by atoms with Crippen LogP contribution in [0.5, 0.6) is 0 Å². The molecule has 152 valence electrons. The standard InChI is InChI=1S/C20H25NO6S/c1-15-8-10-18(11-9-15)28(24,25)27-21(19(23)26-20(2,3)4)13-16-6-5-7-17(12-16)14-22/h5-12,22H,13-14H2,1-4H3. The molecule has 0 fully saturated rings. The number of ether oxygens (including phenoxy) is 1. The number of hydrogen-bond acceptors (Lipinski definition) is 6. The van der Waals surface area contributed by atoms with Gasteiger partial charge in [0.1, 0.15) is 5.60 Å². The Bertz CT molecular complexity index is 916. The first-order chi connectivity index (χ1) is 13.0. The van der Waals surface area contributed by atoms with E-state index in [1.54, 1.807) is 57.2 Å². The normalized spacial score (nSPS) is 11.9. The van der Waals surface area contributed by atoms with Gasteiger partial charge in [-0.15, -0.1) is 4.28 Å². The van der Waals surface area contributed by atoms with E-state index in [2.05, 4.69) is 0 Å². The van der Waals surface area contributed by atoms with Crippen molar-refractivity contribution in [3.63, 3.8) is 0 Å². The van der Waals surface area contributed by atoms with Gasteiger partial charge in [0.15, 0.2) is 0 Å². The summed E-state index contributed by atoms with van der Waals surface area (Å²) in [6.07, 6.45) is -0.933. The Labute approximate surface area is 165 Å². The number of aliphatic hydroxyl groups excluding tert-OH is 1. The summed E-state index contributed by atoms with van der Waals surface area (Å²) in [7, 11) is -4.24. The molecule has 0 aliphatic carbocycles. The van der Waals surface area contributed by atoms with Crippen molar-refractivity contribution in [3.05, 3.63) is 65.2 Å². The predicted octanol–water partition coefficient (Wildman–Crippen LogP) is 3.54. The number of aliphatic hydroxyl groups is 1. The van der Waals surface area contributed by atoms with Crippen LogP contribution in [0.1, 0.15) is 37.5 Å². The number of carbonyl (C=O) groups is 1. The average Bonchev–Trinajstić information content (AvgIpc) is 2.60. The molecule has 2 aromatic rings. The van der Waals surface area contributed by atoms with Gasteiger partial charge in [-0.2, -0.15) is 13.5 Å². The zero-order chi connectivity index (χ0) is 20.9. The molecule has 0 bridgehead atoms. The predicted molar refractivity (Wildman–Crippen MR) is 104 cm³/mol. The summed E-state index contributed by atoms with van der Waals surface area (Å²) in [4.78, 5) is 12.5. The summed E-state index contributed by atoms with van der Waals surface area (Å²) in [5.41, 5.74) is 1.27. The molecule has 0 spiro atoms. The lowest BCUT2D eigenvalue weighted by Gasteiger charge is -2.26. The second-order valence-corrected chi connectivity index (χ2v) is 8.87. The van der Waals surface area contributed by atoms with Crippen LogP contribution < -0.4 is 0 Å². The van der Waals surface area contributed by atoms with Gasteiger partial charge in [0, 0.05) is 0 Å². The maximum absolute atomic E-state index is 12.6. The van der Waals surface area contributed by atoms with Gasteiger partial charge in [0.25, 0.3) is 0 Å². The van der Waals surface area contributed by atoms with E-state index in [9.17, 15) is 18.3 Å². The molecule has 0 heterocycles. The molecule has 1 amide bonds. The number of carbonyl (C=O) groups excluding carboxylic acids is 1. The van der Waals surface area contributed by atoms with E-state index >= 15 is 0 Å². The number of nitrogens with zero attached hydrogens (tertiary/aromatic N) is 1. The van der Waals surface area contributed by atoms with E-state index in [0.29, 0.717) is 16.2 Å². The molecule has 28 heavy (non-hydrogen) atoms. The number of benzene rings is 2. The third-order valence-electron chi connectivity index (χ3n) is 3.60. The number of hydroxylamine groups is 2. The molecule has 0 saturated heterocycles. The zero-order valence-corrected chi connectivity index (χ0v) is 17.2. The van der Waals surface area contributed by atoms with Crippen molar-refractivity contribution in [2.75, 3.05) is 0 Å². The molecular weight excluding hydrogens is 382 g/mol. The Kier molecular flexibility index (Phi) is 6.82. The van der Waals surface area contributed by atoms with Gasteiger partial charge in [-0.3, -0.25) is 0 Å². The molecule has 0 saturated carbocycles. The van der Waals surface area contributed by atoms with Gasteiger partial charge in [-0.1, -0.05) is 42.0 Å². The maximum atomic E-state index is 12.6. The van der Waals surface area contributed by atoms with Crippen molar-refractivity contribution in [2.24, 2.45) is 0 Å². The lowest BCUT2D eigenvalue weighted by atomic mass is 10.1. The van der Waals surface area contributed by atoms with Crippen molar-refractivity contribution in [1.82, 2.24) is 5.06 Å². The summed E-state index contributed by atoms with van der Waals surface area (Å²) in [6.45, 7) is 6.49. The van der Waals surface area contributed by atoms with Gasteiger partial charge in [-0.25, -0.2) is 4.79 Å². The van der Waals surface area contributed by atoms with Crippen LogP contribution in [-0.2, 0) is 32.3 Å². The minimum atomic E-state index is -4.24. The van der Waals surface area contributed by atoms with Crippen LogP contribution in [0, 0.1) is 6.92 Å². The molecular formula is C20H25NO6S. The third-order valence-corrected chi connectivity index (χ3v) is 4.82. The molecule has 0 radical (unpaired) electrons. The highest BCUT2D eigenvalue weighted by Gasteiger charge is 2.29. The molecule has 1 N–H and O–H groups in total. The van der Waals surface area contributed by atoms with Crippen molar-refractivity contribution in [1.29, 1.82) is 0 Å². The van der Waals surface area contributed by atoms with Crippen LogP contribution in [-0.4, -0.2) is 30.3 Å². The van der Waals surface area contributed by atoms with Gasteiger partial charge < -0.3 is 9.84 Å². The van der Waals surface area contributed by atoms with Crippen molar-refractivity contribution in [3.8, 4) is 0 Å². The number of hydrogen-bond donors (Lipinski definition) is 1. The summed E-state index contributed by atoms with van der Waals surface area (Å²) >= 11 is 0. The number of aryl methyl sites for hydroxylation is 1. The van der Waals surface area contributed by atoms with E-state index in [0.717, 1.165) is 5.56 Å². The third kappa shape index (κ3) is 6.33. The van der Waals surface area contributed by atoms with Crippen molar-refractivity contribution >= 4 is 16.2 Å². The Morgan fingerprint density at radius 2 is 1.68 bits per heavy atom. The monoisotopic (exact) mass is 407 g/mol. The fraction of sp³-hybridized carbons (Fsp3) is 0.350. The second kappa shape index (κ2) is 8.72. The van der Waals surface area contributed by atoms with Crippen LogP contribution >= 0.6 is 0 Å². The number of rotatable bonds is 6. The molecule has 7 nitrogen and oxygen atoms in total. The highest BCUT2D eigenvalue weighted by atomic mass is 32.2. The van der Waals surface area contributed by atoms with E-state index < -0.39 is 21.8 Å². The highest BCUT2D eigenvalue weighted by molar-refractivity contribution is 7.86. The van der Waals surface area contributed by atoms with Gasteiger partial charge in [0.2, 0.25) is 0 Å². The minimum absolute atomic E-state index is 0.0734. The molecule has 0 aromatic heterocycles. The van der Waals surface area contributed by atoms with Crippen LogP contribution in [0.3, 0.4) is 0 Å². The van der Waals surface area contributed by atoms with E-state index in [4.69, 9.17) is 9.02 Å². The smallest absolute Gasteiger partial charge is 0.435 e. The van der Waals surface area contributed by atoms with Gasteiger partial charge >= 0.3 is 16.2 Å². The Balaban J connectivity index is 2.31. The Hall–Kier alpha value is -2.42. The van der Waals surface area contributed by atoms with Crippen LogP contribution in [0.15, 0.2) is 53.4 Å². The van der Waals surface area contributed by atoms with Crippen LogP contribution in [0.2, 0.25) is 0 Å². The lowest BCUT2D eigenvalue weighted by Crippen LogP contribution is -2.38. The average molecular weight is 407 g/mol.